The molecule has 0 saturated carbocycles. The smallest absolute Gasteiger partial charge is 0.124 e. The number of unbranched alkanes of at least 4 members (excludes halogenated alkanes) is 2. The number of halogens is 1. The molecule has 0 amide bonds. The molecule has 1 aromatic carbocycles. The van der Waals surface area contributed by atoms with Crippen LogP contribution in [0.5, 0.6) is 0 Å². The van der Waals surface area contributed by atoms with Crippen LogP contribution in [0.2, 0.25) is 0 Å². The van der Waals surface area contributed by atoms with Crippen LogP contribution in [-0.4, -0.2) is 0 Å². The number of nitriles is 1. The van der Waals surface area contributed by atoms with Crippen molar-refractivity contribution in [3.63, 3.8) is 0 Å². The van der Waals surface area contributed by atoms with E-state index in [1.54, 1.807) is 6.07 Å². The average molecular weight is 191 g/mol. The second-order valence-corrected chi connectivity index (χ2v) is 3.37. The zero-order valence-electron chi connectivity index (χ0n) is 8.39. The predicted octanol–water partition coefficient (Wildman–Crippen LogP) is 3.43. The van der Waals surface area contributed by atoms with E-state index in [1.165, 1.54) is 12.1 Å². The fourth-order valence-electron chi connectivity index (χ4n) is 1.44. The number of nitrogens with zero attached hydrogens (tertiary/aromatic N) is 1. The minimum Gasteiger partial charge on any atom is -0.207 e. The Balaban J connectivity index is 2.72. The Morgan fingerprint density at radius 1 is 1.36 bits per heavy atom. The second kappa shape index (κ2) is 5.39. The third-order valence-corrected chi connectivity index (χ3v) is 2.24. The largest absolute Gasteiger partial charge is 0.207 e. The van der Waals surface area contributed by atoms with Gasteiger partial charge in [0.15, 0.2) is 0 Å². The summed E-state index contributed by atoms with van der Waals surface area (Å²) in [5, 5.41) is 8.78. The van der Waals surface area contributed by atoms with Gasteiger partial charge in [0, 0.05) is 0 Å². The van der Waals surface area contributed by atoms with Crippen LogP contribution in [0.4, 0.5) is 4.39 Å². The Morgan fingerprint density at radius 3 is 2.79 bits per heavy atom. The highest BCUT2D eigenvalue weighted by Crippen LogP contribution is 2.13. The fraction of sp³-hybridized carbons (Fsp3) is 0.417. The van der Waals surface area contributed by atoms with Crippen LogP contribution >= 0.6 is 0 Å². The van der Waals surface area contributed by atoms with Gasteiger partial charge in [-0.15, -0.1) is 0 Å². The third kappa shape index (κ3) is 2.85. The highest BCUT2D eigenvalue weighted by Gasteiger charge is 2.02. The van der Waals surface area contributed by atoms with Gasteiger partial charge in [-0.1, -0.05) is 25.8 Å². The first-order valence-corrected chi connectivity index (χ1v) is 4.96. The summed E-state index contributed by atoms with van der Waals surface area (Å²) in [6.45, 7) is 2.13. The Kier molecular flexibility index (Phi) is 4.12. The Labute approximate surface area is 84.2 Å². The zero-order valence-corrected chi connectivity index (χ0v) is 8.39. The average Bonchev–Trinajstić information content (AvgIpc) is 2.20. The van der Waals surface area contributed by atoms with Gasteiger partial charge >= 0.3 is 0 Å². The Hall–Kier alpha value is -1.36. The lowest BCUT2D eigenvalue weighted by atomic mass is 10.0. The molecule has 0 aliphatic rings. The molecule has 74 valence electrons. The van der Waals surface area contributed by atoms with Gasteiger partial charge in [-0.2, -0.15) is 5.26 Å². The van der Waals surface area contributed by atoms with E-state index in [-0.39, 0.29) is 5.82 Å². The van der Waals surface area contributed by atoms with Crippen LogP contribution < -0.4 is 0 Å². The summed E-state index contributed by atoms with van der Waals surface area (Å²) < 4.78 is 12.8. The van der Waals surface area contributed by atoms with Crippen LogP contribution in [0, 0.1) is 17.1 Å². The van der Waals surface area contributed by atoms with Crippen molar-refractivity contribution < 1.29 is 4.39 Å². The van der Waals surface area contributed by atoms with Gasteiger partial charge in [0.05, 0.1) is 11.6 Å². The summed E-state index contributed by atoms with van der Waals surface area (Å²) in [7, 11) is 0. The molecule has 0 saturated heterocycles. The molecule has 0 bridgehead atoms. The van der Waals surface area contributed by atoms with Crippen molar-refractivity contribution in [2.45, 2.75) is 32.6 Å². The van der Waals surface area contributed by atoms with E-state index in [4.69, 9.17) is 5.26 Å². The molecule has 1 nitrogen and oxygen atoms in total. The number of hydrogen-bond donors (Lipinski definition) is 0. The van der Waals surface area contributed by atoms with Crippen molar-refractivity contribution in [1.29, 1.82) is 5.26 Å². The molecule has 0 spiro atoms. The van der Waals surface area contributed by atoms with Crippen LogP contribution in [0.25, 0.3) is 0 Å². The van der Waals surface area contributed by atoms with Gasteiger partial charge in [0.25, 0.3) is 0 Å². The molecule has 0 aliphatic heterocycles. The van der Waals surface area contributed by atoms with E-state index in [0.29, 0.717) is 5.56 Å². The van der Waals surface area contributed by atoms with E-state index >= 15 is 0 Å². The highest BCUT2D eigenvalue weighted by atomic mass is 19.1. The lowest BCUT2D eigenvalue weighted by molar-refractivity contribution is 0.625. The normalized spacial score (nSPS) is 9.79. The number of aryl methyl sites for hydroxylation is 1. The van der Waals surface area contributed by atoms with E-state index in [9.17, 15) is 4.39 Å². The van der Waals surface area contributed by atoms with Gasteiger partial charge in [0.1, 0.15) is 5.82 Å². The number of rotatable bonds is 4. The molecule has 1 aromatic rings. The minimum absolute atomic E-state index is 0.333. The minimum atomic E-state index is -0.333. The molecule has 0 radical (unpaired) electrons. The molecule has 0 atom stereocenters. The summed E-state index contributed by atoms with van der Waals surface area (Å²) in [4.78, 5) is 0. The molecule has 0 unspecified atom stereocenters. The molecule has 14 heavy (non-hydrogen) atoms. The molecular weight excluding hydrogens is 177 g/mol. The van der Waals surface area contributed by atoms with E-state index in [2.05, 4.69) is 6.92 Å². The second-order valence-electron chi connectivity index (χ2n) is 3.37. The zero-order chi connectivity index (χ0) is 10.4. The topological polar surface area (TPSA) is 23.8 Å². The van der Waals surface area contributed by atoms with Crippen LogP contribution in [0.1, 0.15) is 37.3 Å². The van der Waals surface area contributed by atoms with Crippen molar-refractivity contribution in [2.75, 3.05) is 0 Å². The number of benzene rings is 1. The van der Waals surface area contributed by atoms with Gasteiger partial charge in [-0.25, -0.2) is 4.39 Å². The first-order valence-electron chi connectivity index (χ1n) is 4.96. The van der Waals surface area contributed by atoms with E-state index < -0.39 is 0 Å². The highest BCUT2D eigenvalue weighted by molar-refractivity contribution is 5.37. The standard InChI is InChI=1S/C12H14FN/c1-2-3-4-5-10-6-7-12(13)8-11(10)9-14/h6-8H,2-5H2,1H3. The molecule has 1 rings (SSSR count). The maximum Gasteiger partial charge on any atom is 0.124 e. The van der Waals surface area contributed by atoms with Crippen LogP contribution in [0.3, 0.4) is 0 Å². The first kappa shape index (κ1) is 10.7. The van der Waals surface area contributed by atoms with Gasteiger partial charge < -0.3 is 0 Å². The van der Waals surface area contributed by atoms with E-state index in [0.717, 1.165) is 31.2 Å². The molecular formula is C12H14FN. The number of hydrogen-bond acceptors (Lipinski definition) is 1. The summed E-state index contributed by atoms with van der Waals surface area (Å²) in [5.41, 5.74) is 1.43. The van der Waals surface area contributed by atoms with Crippen molar-refractivity contribution in [2.24, 2.45) is 0 Å². The molecule has 0 heterocycles. The lowest BCUT2D eigenvalue weighted by Crippen LogP contribution is -1.91. The molecule has 0 fully saturated rings. The van der Waals surface area contributed by atoms with Crippen molar-refractivity contribution in [3.05, 3.63) is 35.1 Å². The summed E-state index contributed by atoms with van der Waals surface area (Å²) in [6, 6.07) is 6.46. The van der Waals surface area contributed by atoms with Gasteiger partial charge in [-0.05, 0) is 30.5 Å². The molecule has 0 aliphatic carbocycles. The van der Waals surface area contributed by atoms with Crippen molar-refractivity contribution >= 4 is 0 Å². The summed E-state index contributed by atoms with van der Waals surface area (Å²) >= 11 is 0. The summed E-state index contributed by atoms with van der Waals surface area (Å²) in [5.74, 6) is -0.333. The van der Waals surface area contributed by atoms with Crippen molar-refractivity contribution in [3.8, 4) is 6.07 Å². The Morgan fingerprint density at radius 2 is 2.14 bits per heavy atom. The van der Waals surface area contributed by atoms with E-state index in [1.807, 2.05) is 6.07 Å². The maximum atomic E-state index is 12.8. The monoisotopic (exact) mass is 191 g/mol. The lowest BCUT2D eigenvalue weighted by Gasteiger charge is -2.02. The van der Waals surface area contributed by atoms with Crippen LogP contribution in [-0.2, 0) is 6.42 Å². The maximum absolute atomic E-state index is 12.8. The molecule has 0 N–H and O–H groups in total. The van der Waals surface area contributed by atoms with Gasteiger partial charge in [-0.3, -0.25) is 0 Å². The summed E-state index contributed by atoms with van der Waals surface area (Å²) in [6.07, 6.45) is 4.25. The predicted molar refractivity (Wildman–Crippen MR) is 54.3 cm³/mol. The van der Waals surface area contributed by atoms with Crippen LogP contribution in [0.15, 0.2) is 18.2 Å². The van der Waals surface area contributed by atoms with Gasteiger partial charge in [0.2, 0.25) is 0 Å². The SMILES string of the molecule is CCCCCc1ccc(F)cc1C#N. The van der Waals surface area contributed by atoms with Crippen molar-refractivity contribution in [1.82, 2.24) is 0 Å². The first-order chi connectivity index (χ1) is 6.77. The Bertz CT molecular complexity index is 339. The molecule has 2 heteroatoms. The quantitative estimate of drug-likeness (QED) is 0.669. The molecule has 0 aromatic heterocycles. The third-order valence-electron chi connectivity index (χ3n) is 2.24. The fourth-order valence-corrected chi connectivity index (χ4v) is 1.44.